The molecule has 0 bridgehead atoms. The van der Waals surface area contributed by atoms with Gasteiger partial charge in [-0.15, -0.1) is 0 Å². The maximum absolute atomic E-state index is 12.7. The lowest BCUT2D eigenvalue weighted by Gasteiger charge is -2.18. The monoisotopic (exact) mass is 995 g/mol. The van der Waals surface area contributed by atoms with Gasteiger partial charge in [-0.2, -0.15) is 0 Å². The molecule has 0 radical (unpaired) electrons. The van der Waals surface area contributed by atoms with E-state index >= 15 is 0 Å². The first-order valence-electron chi connectivity index (χ1n) is 29.2. The third-order valence-corrected chi connectivity index (χ3v) is 11.9. The van der Waals surface area contributed by atoms with Crippen molar-refractivity contribution in [3.05, 3.63) is 134 Å². The van der Waals surface area contributed by atoms with Gasteiger partial charge in [0, 0.05) is 12.8 Å². The van der Waals surface area contributed by atoms with E-state index in [0.717, 1.165) is 109 Å². The fraction of sp³-hybridized carbons (Fsp3) is 0.621. The first kappa shape index (κ1) is 67.5. The summed E-state index contributed by atoms with van der Waals surface area (Å²) in [4.78, 5) is 37.9. The van der Waals surface area contributed by atoms with Gasteiger partial charge in [-0.1, -0.05) is 264 Å². The molecule has 0 aliphatic carbocycles. The Balaban J connectivity index is 4.21. The van der Waals surface area contributed by atoms with Crippen molar-refractivity contribution in [2.75, 3.05) is 13.2 Å². The van der Waals surface area contributed by atoms with E-state index in [1.165, 1.54) is 96.3 Å². The van der Waals surface area contributed by atoms with Crippen molar-refractivity contribution < 1.29 is 28.6 Å². The summed E-state index contributed by atoms with van der Waals surface area (Å²) in [6.07, 6.45) is 83.5. The SMILES string of the molecule is CC/C=C\C/C=C\C/C=C\C/C=C\C/C=C\C/C=C\CCCCCCCCCCCCCCC(=O)OCC(COC(=O)CCCCCCCCCC)OC(=O)C/C=C\C/C=C\C/C=C\C/C=C\C/C=C\CC. The molecule has 0 N–H and O–H groups in total. The van der Waals surface area contributed by atoms with Crippen molar-refractivity contribution in [3.63, 3.8) is 0 Å². The van der Waals surface area contributed by atoms with E-state index in [-0.39, 0.29) is 31.6 Å². The normalized spacial score (nSPS) is 13.1. The lowest BCUT2D eigenvalue weighted by atomic mass is 10.0. The Morgan fingerprint density at radius 2 is 0.583 bits per heavy atom. The van der Waals surface area contributed by atoms with E-state index in [0.29, 0.717) is 12.8 Å². The Morgan fingerprint density at radius 3 is 0.917 bits per heavy atom. The minimum absolute atomic E-state index is 0.0937. The first-order valence-corrected chi connectivity index (χ1v) is 29.2. The number of allylic oxidation sites excluding steroid dienone is 21. The highest BCUT2D eigenvalue weighted by atomic mass is 16.6. The number of carbonyl (C=O) groups is 3. The van der Waals surface area contributed by atoms with Crippen LogP contribution in [0.15, 0.2) is 134 Å². The number of hydrogen-bond donors (Lipinski definition) is 0. The van der Waals surface area contributed by atoms with Gasteiger partial charge in [0.15, 0.2) is 6.10 Å². The van der Waals surface area contributed by atoms with Gasteiger partial charge in [0.05, 0.1) is 6.42 Å². The molecule has 0 aromatic rings. The zero-order chi connectivity index (χ0) is 52.2. The lowest BCUT2D eigenvalue weighted by Crippen LogP contribution is -2.30. The lowest BCUT2D eigenvalue weighted by molar-refractivity contribution is -0.166. The van der Waals surface area contributed by atoms with Gasteiger partial charge in [0.25, 0.3) is 0 Å². The topological polar surface area (TPSA) is 78.9 Å². The second kappa shape index (κ2) is 59.1. The number of unbranched alkanes of at least 4 members (excludes halogenated alkanes) is 19. The predicted molar refractivity (Wildman–Crippen MR) is 311 cm³/mol. The standard InChI is InChI=1S/C66H106O6/c1-4-7-10-13-16-19-21-23-25-26-27-28-29-30-31-32-33-34-35-36-37-38-39-40-42-43-45-47-50-53-56-59-65(68)71-62-63(61-70-64(67)58-55-52-49-18-15-12-9-6-3)72-66(69)60-57-54-51-48-46-44-41-24-22-20-17-14-11-8-5-2/h7-8,10-11,16-17,19-20,23-25,27-28,30-31,33-34,41,46,48,54,57,63H,4-6,9,12-15,18,21-22,26,29,32,35-40,42-45,47,49-53,55-56,58-62H2,1-3H3/b10-7-,11-8-,19-16-,20-17-,25-23-,28-27-,31-30-,34-33-,41-24-,48-46-,57-54-. The van der Waals surface area contributed by atoms with Crippen molar-refractivity contribution in [2.45, 2.75) is 252 Å². The molecule has 0 saturated heterocycles. The predicted octanol–water partition coefficient (Wildman–Crippen LogP) is 19.8. The second-order valence-electron chi connectivity index (χ2n) is 18.8. The Kier molecular flexibility index (Phi) is 55.5. The molecule has 6 nitrogen and oxygen atoms in total. The Bertz CT molecular complexity index is 1560. The molecule has 0 aliphatic heterocycles. The summed E-state index contributed by atoms with van der Waals surface area (Å²) >= 11 is 0. The zero-order valence-corrected chi connectivity index (χ0v) is 46.4. The largest absolute Gasteiger partial charge is 0.462 e. The van der Waals surface area contributed by atoms with E-state index in [9.17, 15) is 14.4 Å². The van der Waals surface area contributed by atoms with E-state index < -0.39 is 12.1 Å². The Labute approximate surface area is 443 Å². The smallest absolute Gasteiger partial charge is 0.310 e. The molecule has 0 rings (SSSR count). The molecule has 0 fully saturated rings. The number of rotatable bonds is 51. The molecule has 0 amide bonds. The second-order valence-corrected chi connectivity index (χ2v) is 18.8. The molecular formula is C66H106O6. The highest BCUT2D eigenvalue weighted by Crippen LogP contribution is 2.15. The molecule has 0 aromatic carbocycles. The molecule has 0 aliphatic rings. The Hall–Kier alpha value is -4.45. The quantitative estimate of drug-likeness (QED) is 0.0261. The van der Waals surface area contributed by atoms with Gasteiger partial charge in [-0.05, 0) is 96.3 Å². The van der Waals surface area contributed by atoms with Crippen LogP contribution in [-0.4, -0.2) is 37.2 Å². The van der Waals surface area contributed by atoms with Crippen LogP contribution >= 0.6 is 0 Å². The molecule has 0 saturated carbocycles. The summed E-state index contributed by atoms with van der Waals surface area (Å²) in [6.45, 7) is 6.28. The van der Waals surface area contributed by atoms with E-state index in [1.54, 1.807) is 6.08 Å². The molecule has 1 atom stereocenters. The van der Waals surface area contributed by atoms with E-state index in [4.69, 9.17) is 14.2 Å². The van der Waals surface area contributed by atoms with Crippen LogP contribution in [0, 0.1) is 0 Å². The van der Waals surface area contributed by atoms with Crippen molar-refractivity contribution in [3.8, 4) is 0 Å². The summed E-state index contributed by atoms with van der Waals surface area (Å²) < 4.78 is 16.7. The third kappa shape index (κ3) is 56.5. The number of esters is 3. The minimum atomic E-state index is -0.833. The van der Waals surface area contributed by atoms with Crippen molar-refractivity contribution >= 4 is 17.9 Å². The average molecular weight is 996 g/mol. The van der Waals surface area contributed by atoms with Gasteiger partial charge in [0.1, 0.15) is 13.2 Å². The van der Waals surface area contributed by atoms with Crippen LogP contribution in [0.3, 0.4) is 0 Å². The maximum atomic E-state index is 12.7. The molecule has 406 valence electrons. The van der Waals surface area contributed by atoms with Gasteiger partial charge < -0.3 is 14.2 Å². The summed E-state index contributed by atoms with van der Waals surface area (Å²) in [6, 6.07) is 0. The number of carbonyl (C=O) groups excluding carboxylic acids is 3. The zero-order valence-electron chi connectivity index (χ0n) is 46.4. The highest BCUT2D eigenvalue weighted by Gasteiger charge is 2.19. The molecular weight excluding hydrogens is 889 g/mol. The fourth-order valence-electron chi connectivity index (χ4n) is 7.64. The van der Waals surface area contributed by atoms with Gasteiger partial charge in [-0.3, -0.25) is 14.4 Å². The first-order chi connectivity index (χ1) is 35.5. The number of hydrogen-bond acceptors (Lipinski definition) is 6. The van der Waals surface area contributed by atoms with Crippen LogP contribution in [0.2, 0.25) is 0 Å². The average Bonchev–Trinajstić information content (AvgIpc) is 3.38. The molecule has 0 spiro atoms. The van der Waals surface area contributed by atoms with E-state index in [2.05, 4.69) is 142 Å². The van der Waals surface area contributed by atoms with Crippen LogP contribution in [0.1, 0.15) is 245 Å². The summed E-state index contributed by atoms with van der Waals surface area (Å²) in [7, 11) is 0. The molecule has 72 heavy (non-hydrogen) atoms. The fourth-order valence-corrected chi connectivity index (χ4v) is 7.64. The van der Waals surface area contributed by atoms with Crippen LogP contribution in [0.4, 0.5) is 0 Å². The van der Waals surface area contributed by atoms with Gasteiger partial charge in [-0.25, -0.2) is 0 Å². The molecule has 1 unspecified atom stereocenters. The van der Waals surface area contributed by atoms with Crippen molar-refractivity contribution in [1.29, 1.82) is 0 Å². The van der Waals surface area contributed by atoms with Crippen LogP contribution in [0.5, 0.6) is 0 Å². The van der Waals surface area contributed by atoms with E-state index in [1.807, 2.05) is 6.08 Å². The Morgan fingerprint density at radius 1 is 0.306 bits per heavy atom. The van der Waals surface area contributed by atoms with Gasteiger partial charge >= 0.3 is 17.9 Å². The number of ether oxygens (including phenoxy) is 3. The minimum Gasteiger partial charge on any atom is -0.462 e. The van der Waals surface area contributed by atoms with Crippen molar-refractivity contribution in [1.82, 2.24) is 0 Å². The van der Waals surface area contributed by atoms with Crippen LogP contribution < -0.4 is 0 Å². The summed E-state index contributed by atoms with van der Waals surface area (Å²) in [5.41, 5.74) is 0. The highest BCUT2D eigenvalue weighted by molar-refractivity contribution is 5.72. The van der Waals surface area contributed by atoms with Crippen LogP contribution in [0.25, 0.3) is 0 Å². The van der Waals surface area contributed by atoms with Crippen molar-refractivity contribution in [2.24, 2.45) is 0 Å². The summed E-state index contributed by atoms with van der Waals surface area (Å²) in [5, 5.41) is 0. The molecule has 6 heteroatoms. The van der Waals surface area contributed by atoms with Crippen LogP contribution in [-0.2, 0) is 28.6 Å². The third-order valence-electron chi connectivity index (χ3n) is 11.9. The molecule has 0 heterocycles. The maximum Gasteiger partial charge on any atom is 0.310 e. The van der Waals surface area contributed by atoms with Gasteiger partial charge in [0.2, 0.25) is 0 Å². The molecule has 0 aromatic heterocycles. The summed E-state index contributed by atoms with van der Waals surface area (Å²) in [5.74, 6) is -1.06.